The largest absolute Gasteiger partial charge is 0.423 e. The number of hydrogen-bond acceptors (Lipinski definition) is 4. The zero-order valence-electron chi connectivity index (χ0n) is 10.9. The summed E-state index contributed by atoms with van der Waals surface area (Å²) in [5.41, 5.74) is 1.84. The molecule has 3 rings (SSSR count). The van der Waals surface area contributed by atoms with E-state index in [0.29, 0.717) is 5.89 Å². The normalized spacial score (nSPS) is 10.6. The molecular formula is C15H11F2N3O. The van der Waals surface area contributed by atoms with Crippen LogP contribution < -0.4 is 5.32 Å². The summed E-state index contributed by atoms with van der Waals surface area (Å²) in [5.74, 6) is -1.24. The van der Waals surface area contributed by atoms with Crippen LogP contribution in [0, 0.1) is 11.6 Å². The van der Waals surface area contributed by atoms with Gasteiger partial charge in [0.1, 0.15) is 0 Å². The number of halogens is 2. The molecule has 21 heavy (non-hydrogen) atoms. The minimum absolute atomic E-state index is 0.198. The second-order valence-electron chi connectivity index (χ2n) is 4.39. The molecule has 1 aromatic heterocycles. The molecule has 6 heteroatoms. The van der Waals surface area contributed by atoms with Crippen LogP contribution in [0.15, 0.2) is 53.3 Å². The minimum Gasteiger partial charge on any atom is -0.423 e. The van der Waals surface area contributed by atoms with Crippen molar-refractivity contribution in [3.8, 4) is 11.5 Å². The highest BCUT2D eigenvalue weighted by molar-refractivity contribution is 5.58. The van der Waals surface area contributed by atoms with Crippen LogP contribution in [0.2, 0.25) is 0 Å². The molecule has 0 bridgehead atoms. The van der Waals surface area contributed by atoms with Gasteiger partial charge in [-0.15, -0.1) is 10.2 Å². The Bertz CT molecular complexity index is 727. The smallest absolute Gasteiger partial charge is 0.247 e. The molecule has 0 unspecified atom stereocenters. The van der Waals surface area contributed by atoms with E-state index in [0.717, 1.165) is 17.3 Å². The molecule has 106 valence electrons. The summed E-state index contributed by atoms with van der Waals surface area (Å²) in [7, 11) is 0. The fourth-order valence-electron chi connectivity index (χ4n) is 1.91. The molecule has 4 nitrogen and oxygen atoms in total. The van der Waals surface area contributed by atoms with Crippen LogP contribution in [-0.4, -0.2) is 10.2 Å². The fraction of sp³-hybridized carbons (Fsp3) is 0.0667. The highest BCUT2D eigenvalue weighted by Gasteiger charge is 2.07. The molecule has 1 heterocycles. The molecule has 0 saturated heterocycles. The Morgan fingerprint density at radius 3 is 2.57 bits per heavy atom. The van der Waals surface area contributed by atoms with Gasteiger partial charge in [0.2, 0.25) is 12.3 Å². The van der Waals surface area contributed by atoms with Crippen LogP contribution in [0.1, 0.15) is 5.56 Å². The lowest BCUT2D eigenvalue weighted by Gasteiger charge is -2.08. The van der Waals surface area contributed by atoms with Gasteiger partial charge in [-0.25, -0.2) is 8.78 Å². The van der Waals surface area contributed by atoms with Crippen LogP contribution in [-0.2, 0) is 6.54 Å². The molecule has 0 spiro atoms. The third kappa shape index (κ3) is 2.89. The highest BCUT2D eigenvalue weighted by Crippen LogP contribution is 2.20. The van der Waals surface area contributed by atoms with E-state index in [1.165, 1.54) is 18.5 Å². The zero-order chi connectivity index (χ0) is 14.7. The Morgan fingerprint density at radius 2 is 1.86 bits per heavy atom. The van der Waals surface area contributed by atoms with E-state index in [1.54, 1.807) is 24.3 Å². The summed E-state index contributed by atoms with van der Waals surface area (Å²) in [5, 5.41) is 10.4. The van der Waals surface area contributed by atoms with E-state index in [4.69, 9.17) is 4.42 Å². The van der Waals surface area contributed by atoms with Gasteiger partial charge in [0.15, 0.2) is 11.6 Å². The molecule has 0 radical (unpaired) electrons. The Labute approximate surface area is 119 Å². The molecule has 0 atom stereocenters. The van der Waals surface area contributed by atoms with Gasteiger partial charge < -0.3 is 9.73 Å². The van der Waals surface area contributed by atoms with Crippen molar-refractivity contribution in [1.29, 1.82) is 0 Å². The maximum absolute atomic E-state index is 13.5. The van der Waals surface area contributed by atoms with Crippen molar-refractivity contribution in [3.63, 3.8) is 0 Å². The Hall–Kier alpha value is -2.76. The molecule has 3 aromatic rings. The molecule has 0 aliphatic carbocycles. The number of benzene rings is 2. The van der Waals surface area contributed by atoms with Gasteiger partial charge in [0.05, 0.1) is 0 Å². The summed E-state index contributed by atoms with van der Waals surface area (Å²) >= 11 is 0. The van der Waals surface area contributed by atoms with Crippen LogP contribution >= 0.6 is 0 Å². The third-order valence-corrected chi connectivity index (χ3v) is 3.01. The average Bonchev–Trinajstić information content (AvgIpc) is 3.04. The SMILES string of the molecule is Fc1cccc(CNc2ccc(-c3nnco3)cc2)c1F. The highest BCUT2D eigenvalue weighted by atomic mass is 19.2. The predicted octanol–water partition coefficient (Wildman–Crippen LogP) is 3.63. The maximum Gasteiger partial charge on any atom is 0.247 e. The molecule has 0 fully saturated rings. The lowest BCUT2D eigenvalue weighted by molar-refractivity contribution is 0.500. The molecule has 2 aromatic carbocycles. The van der Waals surface area contributed by atoms with Gasteiger partial charge in [-0.3, -0.25) is 0 Å². The van der Waals surface area contributed by atoms with Gasteiger partial charge in [0, 0.05) is 23.4 Å². The standard InChI is InChI=1S/C15H11F2N3O/c16-13-3-1-2-11(14(13)17)8-18-12-6-4-10(5-7-12)15-20-19-9-21-15/h1-7,9,18H,8H2. The van der Waals surface area contributed by atoms with E-state index < -0.39 is 11.6 Å². The molecule has 0 saturated carbocycles. The number of rotatable bonds is 4. The Balaban J connectivity index is 1.70. The van der Waals surface area contributed by atoms with Crippen molar-refractivity contribution in [3.05, 3.63) is 66.1 Å². The fourth-order valence-corrected chi connectivity index (χ4v) is 1.91. The minimum atomic E-state index is -0.846. The van der Waals surface area contributed by atoms with Crippen molar-refractivity contribution in [1.82, 2.24) is 10.2 Å². The van der Waals surface area contributed by atoms with Crippen LogP contribution in [0.5, 0.6) is 0 Å². The van der Waals surface area contributed by atoms with Gasteiger partial charge >= 0.3 is 0 Å². The van der Waals surface area contributed by atoms with Crippen LogP contribution in [0.4, 0.5) is 14.5 Å². The number of anilines is 1. The van der Waals surface area contributed by atoms with Gasteiger partial charge in [-0.05, 0) is 30.3 Å². The van der Waals surface area contributed by atoms with Crippen molar-refractivity contribution >= 4 is 5.69 Å². The zero-order valence-corrected chi connectivity index (χ0v) is 10.9. The van der Waals surface area contributed by atoms with Gasteiger partial charge in [-0.2, -0.15) is 0 Å². The summed E-state index contributed by atoms with van der Waals surface area (Å²) in [6.45, 7) is 0.198. The third-order valence-electron chi connectivity index (χ3n) is 3.01. The summed E-state index contributed by atoms with van der Waals surface area (Å²) < 4.78 is 31.7. The topological polar surface area (TPSA) is 51.0 Å². The van der Waals surface area contributed by atoms with Gasteiger partial charge in [-0.1, -0.05) is 12.1 Å². The molecular weight excluding hydrogens is 276 g/mol. The van der Waals surface area contributed by atoms with Crippen LogP contribution in [0.3, 0.4) is 0 Å². The average molecular weight is 287 g/mol. The van der Waals surface area contributed by atoms with Crippen molar-refractivity contribution in [2.75, 3.05) is 5.32 Å². The van der Waals surface area contributed by atoms with E-state index in [9.17, 15) is 8.78 Å². The molecule has 0 amide bonds. The second kappa shape index (κ2) is 5.70. The van der Waals surface area contributed by atoms with E-state index in [1.807, 2.05) is 0 Å². The summed E-state index contributed by atoms with van der Waals surface area (Å²) in [6, 6.07) is 11.3. The van der Waals surface area contributed by atoms with Crippen LogP contribution in [0.25, 0.3) is 11.5 Å². The number of hydrogen-bond donors (Lipinski definition) is 1. The van der Waals surface area contributed by atoms with Crippen molar-refractivity contribution in [2.24, 2.45) is 0 Å². The first-order valence-electron chi connectivity index (χ1n) is 6.27. The number of nitrogens with one attached hydrogen (secondary N) is 1. The van der Waals surface area contributed by atoms with Gasteiger partial charge in [0.25, 0.3) is 0 Å². The number of nitrogens with zero attached hydrogens (tertiary/aromatic N) is 2. The first-order valence-corrected chi connectivity index (χ1v) is 6.27. The summed E-state index contributed by atoms with van der Waals surface area (Å²) in [4.78, 5) is 0. The second-order valence-corrected chi connectivity index (χ2v) is 4.39. The predicted molar refractivity (Wildman–Crippen MR) is 73.4 cm³/mol. The lowest BCUT2D eigenvalue weighted by Crippen LogP contribution is -2.03. The quantitative estimate of drug-likeness (QED) is 0.796. The Kier molecular flexibility index (Phi) is 3.59. The van der Waals surface area contributed by atoms with E-state index in [2.05, 4.69) is 15.5 Å². The van der Waals surface area contributed by atoms with Crippen molar-refractivity contribution < 1.29 is 13.2 Å². The van der Waals surface area contributed by atoms with E-state index >= 15 is 0 Å². The number of aromatic nitrogens is 2. The monoisotopic (exact) mass is 287 g/mol. The van der Waals surface area contributed by atoms with E-state index in [-0.39, 0.29) is 12.1 Å². The lowest BCUT2D eigenvalue weighted by atomic mass is 10.2. The molecule has 0 aliphatic heterocycles. The Morgan fingerprint density at radius 1 is 1.05 bits per heavy atom. The molecule has 0 aliphatic rings. The molecule has 1 N–H and O–H groups in total. The first-order chi connectivity index (χ1) is 10.2. The summed E-state index contributed by atoms with van der Waals surface area (Å²) in [6.07, 6.45) is 1.26. The van der Waals surface area contributed by atoms with Crippen molar-refractivity contribution in [2.45, 2.75) is 6.54 Å². The first kappa shape index (κ1) is 13.2. The maximum atomic E-state index is 13.5.